The Balaban J connectivity index is 2.22. The third-order valence-corrected chi connectivity index (χ3v) is 3.73. The number of halogens is 1. The number of benzene rings is 2. The largest absolute Gasteiger partial charge is 0.449 e. The molecule has 0 atom stereocenters. The fourth-order valence-electron chi connectivity index (χ4n) is 2.27. The maximum Gasteiger partial charge on any atom is 0.178 e. The predicted octanol–water partition coefficient (Wildman–Crippen LogP) is 4.40. The summed E-state index contributed by atoms with van der Waals surface area (Å²) in [6, 6.07) is 16.2. The van der Waals surface area contributed by atoms with Gasteiger partial charge in [0.05, 0.1) is 0 Å². The Kier molecular flexibility index (Phi) is 3.40. The number of aliphatic hydroxyl groups excluding tert-OH is 1. The van der Waals surface area contributed by atoms with Crippen molar-refractivity contribution in [3.05, 3.63) is 58.8 Å². The molecular weight excluding hydrogens is 304 g/mol. The average molecular weight is 317 g/mol. The monoisotopic (exact) mass is 316 g/mol. The molecule has 1 N–H and O–H groups in total. The lowest BCUT2D eigenvalue weighted by molar-refractivity contribution is 0.299. The fourth-order valence-corrected chi connectivity index (χ4v) is 2.89. The van der Waals surface area contributed by atoms with Crippen molar-refractivity contribution in [2.45, 2.75) is 6.42 Å². The number of aliphatic hydroxyl groups is 1. The zero-order valence-corrected chi connectivity index (χ0v) is 11.9. The first-order valence-electron chi connectivity index (χ1n) is 6.17. The van der Waals surface area contributed by atoms with Crippen molar-refractivity contribution >= 4 is 26.9 Å². The smallest absolute Gasteiger partial charge is 0.178 e. The van der Waals surface area contributed by atoms with Crippen LogP contribution in [0, 0.1) is 0 Å². The van der Waals surface area contributed by atoms with Crippen molar-refractivity contribution in [2.24, 2.45) is 0 Å². The van der Waals surface area contributed by atoms with Gasteiger partial charge in [-0.2, -0.15) is 0 Å². The summed E-state index contributed by atoms with van der Waals surface area (Å²) in [5.74, 6) is 0. The van der Waals surface area contributed by atoms with Crippen LogP contribution in [-0.2, 0) is 6.42 Å². The maximum atomic E-state index is 9.05. The highest BCUT2D eigenvalue weighted by molar-refractivity contribution is 9.10. The average Bonchev–Trinajstić information content (AvgIpc) is 2.75. The molecule has 0 bridgehead atoms. The first kappa shape index (κ1) is 12.5. The maximum absolute atomic E-state index is 9.05. The van der Waals surface area contributed by atoms with E-state index < -0.39 is 0 Å². The Hall–Kier alpha value is -1.58. The molecule has 96 valence electrons. The molecule has 0 aliphatic heterocycles. The second kappa shape index (κ2) is 5.19. The van der Waals surface area contributed by atoms with Gasteiger partial charge in [-0.15, -0.1) is 0 Å². The molecule has 0 aliphatic carbocycles. The number of hydrogen-bond donors (Lipinski definition) is 1. The minimum atomic E-state index is 0.158. The zero-order chi connectivity index (χ0) is 13.2. The van der Waals surface area contributed by atoms with Crippen molar-refractivity contribution in [2.75, 3.05) is 6.61 Å². The van der Waals surface area contributed by atoms with Crippen LogP contribution in [0.15, 0.2) is 57.6 Å². The van der Waals surface area contributed by atoms with Crippen molar-refractivity contribution in [3.8, 4) is 11.1 Å². The Bertz CT molecular complexity index is 701. The van der Waals surface area contributed by atoms with Gasteiger partial charge >= 0.3 is 0 Å². The molecule has 0 aliphatic rings. The molecule has 0 amide bonds. The molecule has 0 radical (unpaired) electrons. The molecule has 0 unspecified atom stereocenters. The highest BCUT2D eigenvalue weighted by Crippen LogP contribution is 2.38. The van der Waals surface area contributed by atoms with Gasteiger partial charge in [0.25, 0.3) is 0 Å². The Morgan fingerprint density at radius 1 is 1.05 bits per heavy atom. The standard InChI is InChI=1S/C16H13BrO2/c17-16-15(12-4-2-1-3-5-12)13-10-11(8-9-18)6-7-14(13)19-16/h1-7,10,18H,8-9H2. The van der Waals surface area contributed by atoms with E-state index in [1.807, 2.05) is 30.3 Å². The lowest BCUT2D eigenvalue weighted by Crippen LogP contribution is -1.89. The van der Waals surface area contributed by atoms with Gasteiger partial charge in [-0.1, -0.05) is 36.4 Å². The van der Waals surface area contributed by atoms with Gasteiger partial charge in [0.2, 0.25) is 0 Å². The fraction of sp³-hybridized carbons (Fsp3) is 0.125. The molecule has 0 fully saturated rings. The van der Waals surface area contributed by atoms with Crippen LogP contribution >= 0.6 is 15.9 Å². The van der Waals surface area contributed by atoms with Gasteiger partial charge in [-0.05, 0) is 45.6 Å². The van der Waals surface area contributed by atoms with Gasteiger partial charge in [0.15, 0.2) is 4.67 Å². The highest BCUT2D eigenvalue weighted by Gasteiger charge is 2.14. The van der Waals surface area contributed by atoms with Crippen LogP contribution in [-0.4, -0.2) is 11.7 Å². The zero-order valence-electron chi connectivity index (χ0n) is 10.3. The summed E-state index contributed by atoms with van der Waals surface area (Å²) in [4.78, 5) is 0. The molecule has 1 heterocycles. The normalized spacial score (nSPS) is 11.1. The minimum absolute atomic E-state index is 0.158. The van der Waals surface area contributed by atoms with Crippen molar-refractivity contribution in [1.82, 2.24) is 0 Å². The second-order valence-electron chi connectivity index (χ2n) is 4.42. The lowest BCUT2D eigenvalue weighted by atomic mass is 10.0. The van der Waals surface area contributed by atoms with E-state index in [0.717, 1.165) is 32.3 Å². The van der Waals surface area contributed by atoms with Crippen LogP contribution in [0.25, 0.3) is 22.1 Å². The van der Waals surface area contributed by atoms with E-state index in [0.29, 0.717) is 6.42 Å². The first-order valence-corrected chi connectivity index (χ1v) is 6.96. The molecule has 2 nitrogen and oxygen atoms in total. The summed E-state index contributed by atoms with van der Waals surface area (Å²) in [7, 11) is 0. The van der Waals surface area contributed by atoms with Gasteiger partial charge in [-0.25, -0.2) is 0 Å². The quantitative estimate of drug-likeness (QED) is 0.777. The second-order valence-corrected chi connectivity index (χ2v) is 5.14. The van der Waals surface area contributed by atoms with E-state index >= 15 is 0 Å². The van der Waals surface area contributed by atoms with Gasteiger partial charge in [0, 0.05) is 17.6 Å². The van der Waals surface area contributed by atoms with Crippen LogP contribution in [0.5, 0.6) is 0 Å². The third kappa shape index (κ3) is 2.31. The summed E-state index contributed by atoms with van der Waals surface area (Å²) >= 11 is 3.49. The van der Waals surface area contributed by atoms with Crippen LogP contribution in [0.3, 0.4) is 0 Å². The van der Waals surface area contributed by atoms with Gasteiger partial charge < -0.3 is 9.52 Å². The molecule has 0 saturated carbocycles. The van der Waals surface area contributed by atoms with Crippen molar-refractivity contribution in [1.29, 1.82) is 0 Å². The first-order chi connectivity index (χ1) is 9.29. The summed E-state index contributed by atoms with van der Waals surface area (Å²) in [6.07, 6.45) is 0.660. The molecule has 3 aromatic rings. The van der Waals surface area contributed by atoms with E-state index in [1.165, 1.54) is 0 Å². The molecule has 19 heavy (non-hydrogen) atoms. The number of fused-ring (bicyclic) bond motifs is 1. The van der Waals surface area contributed by atoms with Gasteiger partial charge in [0.1, 0.15) is 5.58 Å². The molecule has 0 spiro atoms. The molecule has 3 rings (SSSR count). The Morgan fingerprint density at radius 2 is 1.84 bits per heavy atom. The van der Waals surface area contributed by atoms with Gasteiger partial charge in [-0.3, -0.25) is 0 Å². The van der Waals surface area contributed by atoms with Crippen molar-refractivity contribution < 1.29 is 9.52 Å². The van der Waals surface area contributed by atoms with Crippen LogP contribution in [0.4, 0.5) is 0 Å². The third-order valence-electron chi connectivity index (χ3n) is 3.17. The van der Waals surface area contributed by atoms with E-state index in [9.17, 15) is 0 Å². The summed E-state index contributed by atoms with van der Waals surface area (Å²) in [5.41, 5.74) is 4.15. The number of hydrogen-bond acceptors (Lipinski definition) is 2. The Morgan fingerprint density at radius 3 is 2.58 bits per heavy atom. The van der Waals surface area contributed by atoms with E-state index in [1.54, 1.807) is 0 Å². The molecule has 1 aromatic heterocycles. The Labute approximate surface area is 119 Å². The molecular formula is C16H13BrO2. The van der Waals surface area contributed by atoms with Crippen LogP contribution < -0.4 is 0 Å². The molecule has 2 aromatic carbocycles. The SMILES string of the molecule is OCCc1ccc2oc(Br)c(-c3ccccc3)c2c1. The minimum Gasteiger partial charge on any atom is -0.449 e. The molecule has 3 heteroatoms. The summed E-state index contributed by atoms with van der Waals surface area (Å²) < 4.78 is 6.49. The van der Waals surface area contributed by atoms with E-state index in [4.69, 9.17) is 9.52 Å². The number of rotatable bonds is 3. The summed E-state index contributed by atoms with van der Waals surface area (Å²) in [5, 5.41) is 10.1. The van der Waals surface area contributed by atoms with Crippen LogP contribution in [0.2, 0.25) is 0 Å². The van der Waals surface area contributed by atoms with E-state index in [-0.39, 0.29) is 6.61 Å². The van der Waals surface area contributed by atoms with E-state index in [2.05, 4.69) is 34.1 Å². The van der Waals surface area contributed by atoms with Crippen LogP contribution in [0.1, 0.15) is 5.56 Å². The summed E-state index contributed by atoms with van der Waals surface area (Å²) in [6.45, 7) is 0.158. The predicted molar refractivity (Wildman–Crippen MR) is 80.1 cm³/mol. The lowest BCUT2D eigenvalue weighted by Gasteiger charge is -2.01. The van der Waals surface area contributed by atoms with Crippen molar-refractivity contribution in [3.63, 3.8) is 0 Å². The topological polar surface area (TPSA) is 33.4 Å². The number of furan rings is 1. The molecule has 0 saturated heterocycles. The highest BCUT2D eigenvalue weighted by atomic mass is 79.9.